The van der Waals surface area contributed by atoms with Crippen LogP contribution >= 0.6 is 0 Å². The Morgan fingerprint density at radius 1 is 0.550 bits per heavy atom. The zero-order valence-corrected chi connectivity index (χ0v) is 11.2. The van der Waals surface area contributed by atoms with Crippen molar-refractivity contribution in [2.45, 2.75) is 0 Å². The van der Waals surface area contributed by atoms with Gasteiger partial charge in [-0.15, -0.1) is 0 Å². The maximum absolute atomic E-state index is 6.75. The van der Waals surface area contributed by atoms with Gasteiger partial charge in [0.25, 0.3) is 0 Å². The van der Waals surface area contributed by atoms with E-state index < -0.39 is 0 Å². The molecule has 2 heterocycles. The number of pyridine rings is 2. The molecule has 0 unspecified atom stereocenters. The van der Waals surface area contributed by atoms with Crippen LogP contribution in [0, 0.1) is 0 Å². The molecule has 0 atom stereocenters. The van der Waals surface area contributed by atoms with Crippen molar-refractivity contribution in [3.63, 3.8) is 0 Å². The van der Waals surface area contributed by atoms with Gasteiger partial charge in [0, 0.05) is 24.8 Å². The predicted octanol–water partition coefficient (Wildman–Crippen LogP) is 2.97. The van der Waals surface area contributed by atoms with Gasteiger partial charge in [-0.25, -0.2) is 0 Å². The predicted molar refractivity (Wildman–Crippen MR) is 73.5 cm³/mol. The Morgan fingerprint density at radius 3 is 0.800 bits per heavy atom. The van der Waals surface area contributed by atoms with Crippen LogP contribution in [0.25, 0.3) is 31.9 Å². The van der Waals surface area contributed by atoms with Gasteiger partial charge < -0.3 is 27.6 Å². The normalized spacial score (nSPS) is 5.60. The quantitative estimate of drug-likeness (QED) is 0.238. The molecule has 10 heteroatoms. The van der Waals surface area contributed by atoms with Gasteiger partial charge in [-0.1, -0.05) is 12.1 Å². The van der Waals surface area contributed by atoms with E-state index in [1.807, 2.05) is 36.4 Å². The molecule has 0 amide bonds. The summed E-state index contributed by atoms with van der Waals surface area (Å²) in [6, 6.07) is 11.4. The van der Waals surface area contributed by atoms with Crippen LogP contribution < -0.4 is 0 Å². The second kappa shape index (κ2) is 29.9. The van der Waals surface area contributed by atoms with Gasteiger partial charge in [-0.05, 0) is 24.3 Å². The molecule has 109 valence electrons. The third kappa shape index (κ3) is 36.1. The molecule has 2 aromatic rings. The first kappa shape index (κ1) is 26.1. The summed E-state index contributed by atoms with van der Waals surface area (Å²) in [5.41, 5.74) is 27.0. The van der Waals surface area contributed by atoms with Crippen molar-refractivity contribution in [1.82, 2.24) is 9.97 Å². The molecule has 0 saturated heterocycles. The van der Waals surface area contributed by atoms with Crippen LogP contribution in [0.3, 0.4) is 0 Å². The molecular formula is C10H13CuN8O+. The van der Waals surface area contributed by atoms with Crippen LogP contribution in [-0.4, -0.2) is 9.97 Å². The summed E-state index contributed by atoms with van der Waals surface area (Å²) >= 11 is 0. The van der Waals surface area contributed by atoms with E-state index in [4.69, 9.17) is 22.1 Å². The Balaban J connectivity index is -0.0000000874. The van der Waals surface area contributed by atoms with Crippen molar-refractivity contribution in [3.05, 3.63) is 93.1 Å². The second-order valence-corrected chi connectivity index (χ2v) is 2.23. The Hall–Kier alpha value is -2.60. The Labute approximate surface area is 126 Å². The first-order valence-electron chi connectivity index (χ1n) is 4.50. The summed E-state index contributed by atoms with van der Waals surface area (Å²) in [5, 5.41) is 0. The maximum atomic E-state index is 6.75. The fourth-order valence-corrected chi connectivity index (χ4v) is 0.625. The Kier molecular flexibility index (Phi) is 39.0. The SMILES string of the molecule is [Cu+2].[N-]=[N+]=[N-].[N-]=[N+]=[N-].[OH3+].c1ccncc1.c1ccncc1. The summed E-state index contributed by atoms with van der Waals surface area (Å²) < 4.78 is 0. The van der Waals surface area contributed by atoms with Crippen LogP contribution in [-0.2, 0) is 22.5 Å². The standard InChI is InChI=1S/2C5H5N.Cu.2N3.H2O/c2*1-2-4-6-5-3-1;;2*1-3-2;/h2*1-5H;;;;1H2/q;;+2;2*-1;/p+1. The number of hydrogen-bond donors (Lipinski definition) is 0. The van der Waals surface area contributed by atoms with E-state index in [-0.39, 0.29) is 22.5 Å². The molecule has 0 spiro atoms. The first-order valence-corrected chi connectivity index (χ1v) is 4.50. The molecule has 0 aliphatic rings. The maximum Gasteiger partial charge on any atom is 2.00 e. The van der Waals surface area contributed by atoms with E-state index in [0.29, 0.717) is 0 Å². The number of hydrogen-bond acceptors (Lipinski definition) is 2. The van der Waals surface area contributed by atoms with E-state index in [9.17, 15) is 0 Å². The van der Waals surface area contributed by atoms with Gasteiger partial charge in [-0.3, -0.25) is 19.8 Å². The van der Waals surface area contributed by atoms with E-state index in [2.05, 4.69) is 9.97 Å². The molecular weight excluding hydrogens is 312 g/mol. The van der Waals surface area contributed by atoms with E-state index in [0.717, 1.165) is 0 Å². The average molecular weight is 325 g/mol. The Bertz CT molecular complexity index is 333. The molecule has 1 radical (unpaired) electrons. The van der Waals surface area contributed by atoms with Gasteiger partial charge in [-0.2, -0.15) is 0 Å². The molecule has 0 aromatic carbocycles. The van der Waals surface area contributed by atoms with Crippen molar-refractivity contribution >= 4 is 0 Å². The molecule has 0 bridgehead atoms. The van der Waals surface area contributed by atoms with Crippen molar-refractivity contribution in [1.29, 1.82) is 0 Å². The molecule has 3 N–H and O–H groups in total. The molecule has 2 rings (SSSR count). The molecule has 0 saturated carbocycles. The van der Waals surface area contributed by atoms with Gasteiger partial charge >= 0.3 is 17.1 Å². The second-order valence-electron chi connectivity index (χ2n) is 2.23. The summed E-state index contributed by atoms with van der Waals surface area (Å²) in [6.45, 7) is 0. The van der Waals surface area contributed by atoms with E-state index in [1.54, 1.807) is 24.8 Å². The largest absolute Gasteiger partial charge is 2.00 e. The molecule has 0 aliphatic heterocycles. The summed E-state index contributed by atoms with van der Waals surface area (Å²) in [4.78, 5) is 10.6. The summed E-state index contributed by atoms with van der Waals surface area (Å²) in [6.07, 6.45) is 7.00. The van der Waals surface area contributed by atoms with Gasteiger partial charge in [0.2, 0.25) is 0 Å². The van der Waals surface area contributed by atoms with Crippen LogP contribution in [0.4, 0.5) is 0 Å². The van der Waals surface area contributed by atoms with E-state index in [1.165, 1.54) is 9.82 Å². The third-order valence-electron chi connectivity index (χ3n) is 1.13. The molecule has 9 nitrogen and oxygen atoms in total. The van der Waals surface area contributed by atoms with Gasteiger partial charge in [0.15, 0.2) is 0 Å². The van der Waals surface area contributed by atoms with E-state index >= 15 is 0 Å². The minimum absolute atomic E-state index is 0. The summed E-state index contributed by atoms with van der Waals surface area (Å²) in [5.74, 6) is 0. The van der Waals surface area contributed by atoms with Crippen molar-refractivity contribution in [3.8, 4) is 0 Å². The molecule has 2 aromatic heterocycles. The third-order valence-corrected chi connectivity index (χ3v) is 1.13. The smallest absolute Gasteiger partial charge is 0.457 e. The number of nitrogens with zero attached hydrogens (tertiary/aromatic N) is 8. The first-order chi connectivity index (χ1) is 8.83. The van der Waals surface area contributed by atoms with Gasteiger partial charge in [0.05, 0.1) is 0 Å². The molecule has 20 heavy (non-hydrogen) atoms. The van der Waals surface area contributed by atoms with Crippen LogP contribution in [0.15, 0.2) is 61.2 Å². The van der Waals surface area contributed by atoms with Crippen molar-refractivity contribution < 1.29 is 22.5 Å². The van der Waals surface area contributed by atoms with Crippen LogP contribution in [0.1, 0.15) is 0 Å². The molecule has 0 fully saturated rings. The Morgan fingerprint density at radius 2 is 0.750 bits per heavy atom. The number of rotatable bonds is 0. The fourth-order valence-electron chi connectivity index (χ4n) is 0.625. The zero-order chi connectivity index (χ0) is 13.9. The van der Waals surface area contributed by atoms with Crippen molar-refractivity contribution in [2.75, 3.05) is 0 Å². The minimum atomic E-state index is 0. The zero-order valence-electron chi connectivity index (χ0n) is 10.2. The average Bonchev–Trinajstić information content (AvgIpc) is 2.45. The van der Waals surface area contributed by atoms with Crippen molar-refractivity contribution in [2.24, 2.45) is 0 Å². The number of aromatic nitrogens is 2. The monoisotopic (exact) mass is 324 g/mol. The molecule has 0 aliphatic carbocycles. The summed E-state index contributed by atoms with van der Waals surface area (Å²) in [7, 11) is 0. The topological polar surface area (TPSA) is 176 Å². The van der Waals surface area contributed by atoms with Crippen LogP contribution in [0.5, 0.6) is 0 Å². The minimum Gasteiger partial charge on any atom is -0.457 e. The van der Waals surface area contributed by atoms with Gasteiger partial charge in [0.1, 0.15) is 0 Å². The van der Waals surface area contributed by atoms with Crippen LogP contribution in [0.2, 0.25) is 0 Å². The fraction of sp³-hybridized carbons (Fsp3) is 0.